The summed E-state index contributed by atoms with van der Waals surface area (Å²) in [5.74, 6) is 0. The largest absolute Gasteiger partial charge is 0.297 e. The summed E-state index contributed by atoms with van der Waals surface area (Å²) in [5.41, 5.74) is 16.3. The van der Waals surface area contributed by atoms with Crippen LogP contribution in [0.3, 0.4) is 0 Å². The topological polar surface area (TPSA) is 0 Å². The maximum atomic E-state index is 2.64. The monoisotopic (exact) mass is 880 g/mol. The van der Waals surface area contributed by atoms with Crippen LogP contribution < -0.4 is 10.3 Å². The van der Waals surface area contributed by atoms with Gasteiger partial charge in [0.1, 0.15) is 0 Å². The number of rotatable bonds is 4. The summed E-state index contributed by atoms with van der Waals surface area (Å²) < 4.78 is 0. The first-order valence-electron chi connectivity index (χ1n) is 23.3. The van der Waals surface area contributed by atoms with E-state index in [1.165, 1.54) is 77.6 Å². The van der Waals surface area contributed by atoms with Crippen molar-refractivity contribution in [2.75, 3.05) is 6.66 Å². The second-order valence-corrected chi connectivity index (χ2v) is 32.8. The minimum Gasteiger partial charge on any atom is -0.297 e. The van der Waals surface area contributed by atoms with Crippen LogP contribution in [-0.4, -0.2) is 6.66 Å². The van der Waals surface area contributed by atoms with Gasteiger partial charge >= 0.3 is 0 Å². The number of hydrogen-bond acceptors (Lipinski definition) is 0. The Hall–Kier alpha value is -1.70. The molecule has 0 radical (unpaired) electrons. The van der Waals surface area contributed by atoms with E-state index in [1.807, 2.05) is 0 Å². The Balaban J connectivity index is 2.45. The summed E-state index contributed by atoms with van der Waals surface area (Å²) in [6.07, 6.45) is 0. The molecule has 0 aliphatic carbocycles. The lowest BCUT2D eigenvalue weighted by Crippen LogP contribution is -2.33. The molecule has 0 spiro atoms. The van der Waals surface area contributed by atoms with Crippen LogP contribution in [0.5, 0.6) is 0 Å². The van der Waals surface area contributed by atoms with Gasteiger partial charge in [0.15, 0.2) is 0 Å². The van der Waals surface area contributed by atoms with E-state index < -0.39 is 7.92 Å². The maximum Gasteiger partial charge on any atom is -0.0125 e. The van der Waals surface area contributed by atoms with E-state index >= 15 is 0 Å². The molecule has 4 aromatic rings. The van der Waals surface area contributed by atoms with E-state index in [-0.39, 0.29) is 48.7 Å². The van der Waals surface area contributed by atoms with Gasteiger partial charge in [0, 0.05) is 0 Å². The average molecular weight is 880 g/mol. The van der Waals surface area contributed by atoms with Gasteiger partial charge in [0.2, 0.25) is 0 Å². The highest BCUT2D eigenvalue weighted by Gasteiger charge is 2.36. The van der Waals surface area contributed by atoms with E-state index in [0.29, 0.717) is 0 Å². The Morgan fingerprint density at radius 1 is 0.344 bits per heavy atom. The Labute approximate surface area is 383 Å². The minimum absolute atomic E-state index is 0.0171. The van der Waals surface area contributed by atoms with Crippen molar-refractivity contribution >= 4 is 34.6 Å². The van der Waals surface area contributed by atoms with Crippen LogP contribution in [0.2, 0.25) is 0 Å². The predicted octanol–water partition coefficient (Wildman–Crippen LogP) is 18.6. The van der Waals surface area contributed by atoms with Gasteiger partial charge in [0.05, 0.1) is 0 Å². The van der Waals surface area contributed by atoms with Gasteiger partial charge in [-0.1, -0.05) is 242 Å². The molecule has 3 aromatic carbocycles. The molecule has 61 heavy (non-hydrogen) atoms. The van der Waals surface area contributed by atoms with Crippen LogP contribution in [0.4, 0.5) is 0 Å². The van der Waals surface area contributed by atoms with E-state index in [4.69, 9.17) is 0 Å². The Kier molecular flexibility index (Phi) is 13.9. The normalized spacial score (nSPS) is 15.1. The van der Waals surface area contributed by atoms with Crippen molar-refractivity contribution in [2.24, 2.45) is 0 Å². The van der Waals surface area contributed by atoms with E-state index in [9.17, 15) is 0 Å². The Morgan fingerprint density at radius 2 is 0.590 bits per heavy atom. The van der Waals surface area contributed by atoms with Crippen LogP contribution in [0, 0.1) is 0 Å². The number of benzene rings is 3. The first kappa shape index (κ1) is 51.9. The van der Waals surface area contributed by atoms with Gasteiger partial charge in [-0.15, -0.1) is 0 Å². The second-order valence-electron chi connectivity index (χ2n) is 27.8. The molecule has 0 fully saturated rings. The minimum atomic E-state index is -0.763. The summed E-state index contributed by atoms with van der Waals surface area (Å²) in [6.45, 7) is 68.2. The Morgan fingerprint density at radius 3 is 0.836 bits per heavy atom. The summed E-state index contributed by atoms with van der Waals surface area (Å²) in [4.78, 5) is 0. The zero-order chi connectivity index (χ0) is 47.4. The summed E-state index contributed by atoms with van der Waals surface area (Å²) in [5, 5.41) is 6.39. The van der Waals surface area contributed by atoms with Crippen LogP contribution in [0.15, 0.2) is 36.4 Å². The molecule has 338 valence electrons. The lowest BCUT2D eigenvalue weighted by molar-refractivity contribution is 0.550. The lowest BCUT2D eigenvalue weighted by atomic mass is 9.72. The molecule has 1 atom stereocenters. The highest BCUT2D eigenvalue weighted by molar-refractivity contribution is 7.83. The maximum absolute atomic E-state index is 2.64. The molecular formula is C58H90P3-. The van der Waals surface area contributed by atoms with Gasteiger partial charge < -0.3 is 0 Å². The third-order valence-corrected chi connectivity index (χ3v) is 18.7. The predicted molar refractivity (Wildman–Crippen MR) is 285 cm³/mol. The van der Waals surface area contributed by atoms with E-state index in [2.05, 4.69) is 230 Å². The fourth-order valence-electron chi connectivity index (χ4n) is 8.54. The molecule has 0 aliphatic rings. The zero-order valence-corrected chi connectivity index (χ0v) is 47.5. The molecule has 1 aromatic heterocycles. The van der Waals surface area contributed by atoms with Crippen molar-refractivity contribution in [1.82, 2.24) is 0 Å². The second kappa shape index (κ2) is 16.3. The van der Waals surface area contributed by atoms with Gasteiger partial charge in [-0.05, 0) is 122 Å². The third-order valence-electron chi connectivity index (χ3n) is 12.6. The van der Waals surface area contributed by atoms with Crippen LogP contribution in [-0.2, 0) is 48.7 Å². The Bertz CT molecular complexity index is 2140. The molecule has 0 amide bonds. The molecule has 0 aliphatic heterocycles. The third kappa shape index (κ3) is 11.2. The zero-order valence-electron chi connectivity index (χ0n) is 44.8. The quantitative estimate of drug-likeness (QED) is 0.179. The molecular weight excluding hydrogens is 790 g/mol. The molecule has 1 heterocycles. The van der Waals surface area contributed by atoms with Crippen LogP contribution in [0.1, 0.15) is 237 Å². The number of hydrogen-bond donors (Lipinski definition) is 0. The standard InChI is InChI=1S/C58H90P3/c1-50(2,3)35-29-38(53(10,11)12)44(39(30-35)54(13,14)15)46-49(61(28)47-42(57(22,23)24)33-37(52(7,8)9)34-43(47)58(25,26)27)60-48(59-46)45-40(55(16,17)18)31-36(51(4,5)6)32-41(45)56(19,20)21/h29-34H,1-28H3/q-1. The first-order chi connectivity index (χ1) is 26.9. The van der Waals surface area contributed by atoms with Crippen molar-refractivity contribution in [1.29, 1.82) is 0 Å². The first-order valence-corrected chi connectivity index (χ1v) is 26.8. The summed E-state index contributed by atoms with van der Waals surface area (Å²) in [7, 11) is 1.98. The lowest BCUT2D eigenvalue weighted by Gasteiger charge is -2.38. The van der Waals surface area contributed by atoms with E-state index in [1.54, 1.807) is 20.7 Å². The van der Waals surface area contributed by atoms with Crippen molar-refractivity contribution in [2.45, 2.75) is 236 Å². The van der Waals surface area contributed by atoms with Crippen molar-refractivity contribution in [3.05, 3.63) is 86.5 Å². The molecule has 0 saturated carbocycles. The smallest absolute Gasteiger partial charge is 0.0125 e. The van der Waals surface area contributed by atoms with Crippen molar-refractivity contribution in [3.63, 3.8) is 0 Å². The van der Waals surface area contributed by atoms with Gasteiger partial charge in [-0.3, -0.25) is 16.4 Å². The average Bonchev–Trinajstić information content (AvgIpc) is 3.47. The highest BCUT2D eigenvalue weighted by Crippen LogP contribution is 2.58. The van der Waals surface area contributed by atoms with E-state index in [0.717, 1.165) is 0 Å². The molecule has 0 saturated heterocycles. The SMILES string of the molecule is CP(c1[p-]c(-c2c(C(C)(C)C)cc(C(C)(C)C)cc2C(C)(C)C)pc1-c1c(C(C)(C)C)cc(C(C)(C)C)cc1C(C)(C)C)c1c(C(C)(C)C)cc(C(C)(C)C)cc1C(C)(C)C. The van der Waals surface area contributed by atoms with Crippen molar-refractivity contribution in [3.8, 4) is 21.4 Å². The van der Waals surface area contributed by atoms with Gasteiger partial charge in [-0.25, -0.2) is 0 Å². The van der Waals surface area contributed by atoms with Gasteiger partial charge in [-0.2, -0.15) is 5.03 Å². The molecule has 4 rings (SSSR count). The van der Waals surface area contributed by atoms with Crippen LogP contribution in [0.25, 0.3) is 21.4 Å². The van der Waals surface area contributed by atoms with Crippen molar-refractivity contribution < 1.29 is 0 Å². The fourth-order valence-corrected chi connectivity index (χ4v) is 15.6. The summed E-state index contributed by atoms with van der Waals surface area (Å²) in [6, 6.07) is 15.6. The highest BCUT2D eigenvalue weighted by atomic mass is 31.2. The summed E-state index contributed by atoms with van der Waals surface area (Å²) >= 11 is 0. The molecule has 3 heteroatoms. The molecule has 0 nitrogen and oxygen atoms in total. The van der Waals surface area contributed by atoms with Crippen LogP contribution >= 0.6 is 24.3 Å². The fraction of sp³-hybridized carbons (Fsp3) is 0.638. The molecule has 0 N–H and O–H groups in total. The molecule has 0 bridgehead atoms. The van der Waals surface area contributed by atoms with Gasteiger partial charge in [0.25, 0.3) is 0 Å². The molecule has 1 unspecified atom stereocenters.